The predicted octanol–water partition coefficient (Wildman–Crippen LogP) is 3.48. The molecular formula is C21H23NO5S. The lowest BCUT2D eigenvalue weighted by Gasteiger charge is -2.22. The Bertz CT molecular complexity index is 1010. The van der Waals surface area contributed by atoms with Crippen molar-refractivity contribution in [3.05, 3.63) is 53.6 Å². The standard InChI is InChI=1S/C21H23NO5S/c1-4-27-19-8-5-15(6-9-19)16-7-10-20-18(13-16)14-17(21(23)26-2)11-12-22(20)28(3,24)25/h5-10,13-14H,4,11-12H2,1-3H3. The van der Waals surface area contributed by atoms with Gasteiger partial charge in [0.2, 0.25) is 10.0 Å². The number of fused-ring (bicyclic) bond motifs is 1. The van der Waals surface area contributed by atoms with E-state index < -0.39 is 16.0 Å². The van der Waals surface area contributed by atoms with E-state index in [1.807, 2.05) is 43.3 Å². The zero-order valence-electron chi connectivity index (χ0n) is 16.1. The molecule has 6 nitrogen and oxygen atoms in total. The predicted molar refractivity (Wildman–Crippen MR) is 110 cm³/mol. The fourth-order valence-corrected chi connectivity index (χ4v) is 4.17. The van der Waals surface area contributed by atoms with Crippen molar-refractivity contribution in [3.63, 3.8) is 0 Å². The number of sulfonamides is 1. The summed E-state index contributed by atoms with van der Waals surface area (Å²) in [5.74, 6) is 0.338. The molecule has 1 heterocycles. The summed E-state index contributed by atoms with van der Waals surface area (Å²) in [7, 11) is -2.16. The van der Waals surface area contributed by atoms with E-state index >= 15 is 0 Å². The van der Waals surface area contributed by atoms with Crippen LogP contribution in [0.25, 0.3) is 17.2 Å². The van der Waals surface area contributed by atoms with E-state index in [1.165, 1.54) is 17.7 Å². The maximum Gasteiger partial charge on any atom is 0.333 e. The SMILES string of the molecule is CCOc1ccc(-c2ccc3c(c2)C=C(C(=O)OC)CCN3S(C)(=O)=O)cc1. The molecule has 0 N–H and O–H groups in total. The van der Waals surface area contributed by atoms with Gasteiger partial charge in [0.1, 0.15) is 5.75 Å². The number of nitrogens with zero attached hydrogens (tertiary/aromatic N) is 1. The highest BCUT2D eigenvalue weighted by atomic mass is 32.2. The van der Waals surface area contributed by atoms with Crippen molar-refractivity contribution in [1.82, 2.24) is 0 Å². The number of esters is 1. The second kappa shape index (κ2) is 8.06. The molecule has 7 heteroatoms. The summed E-state index contributed by atoms with van der Waals surface area (Å²) in [6.07, 6.45) is 3.16. The first-order valence-electron chi connectivity index (χ1n) is 8.97. The maximum absolute atomic E-state index is 12.3. The van der Waals surface area contributed by atoms with Crippen LogP contribution in [-0.2, 0) is 19.6 Å². The molecule has 0 spiro atoms. The van der Waals surface area contributed by atoms with Crippen molar-refractivity contribution in [2.75, 3.05) is 30.8 Å². The molecule has 0 fully saturated rings. The molecule has 0 bridgehead atoms. The molecule has 0 radical (unpaired) electrons. The van der Waals surface area contributed by atoms with Gasteiger partial charge in [-0.15, -0.1) is 0 Å². The summed E-state index contributed by atoms with van der Waals surface area (Å²) in [6.45, 7) is 2.72. The Hall–Kier alpha value is -2.80. The summed E-state index contributed by atoms with van der Waals surface area (Å²) in [4.78, 5) is 12.1. The number of ether oxygens (including phenoxy) is 2. The monoisotopic (exact) mass is 401 g/mol. The van der Waals surface area contributed by atoms with E-state index in [9.17, 15) is 13.2 Å². The van der Waals surface area contributed by atoms with E-state index in [2.05, 4.69) is 0 Å². The molecule has 1 aliphatic heterocycles. The number of anilines is 1. The normalized spacial score (nSPS) is 14.0. The van der Waals surface area contributed by atoms with Crippen molar-refractivity contribution >= 4 is 27.8 Å². The summed E-state index contributed by atoms with van der Waals surface area (Å²) in [6, 6.07) is 13.2. The molecule has 28 heavy (non-hydrogen) atoms. The van der Waals surface area contributed by atoms with Gasteiger partial charge < -0.3 is 9.47 Å². The molecule has 0 saturated heterocycles. The molecule has 0 saturated carbocycles. The van der Waals surface area contributed by atoms with Crippen LogP contribution >= 0.6 is 0 Å². The van der Waals surface area contributed by atoms with Crippen molar-refractivity contribution in [2.45, 2.75) is 13.3 Å². The third kappa shape index (κ3) is 4.20. The van der Waals surface area contributed by atoms with Crippen molar-refractivity contribution in [1.29, 1.82) is 0 Å². The van der Waals surface area contributed by atoms with E-state index in [0.29, 0.717) is 23.4 Å². The summed E-state index contributed by atoms with van der Waals surface area (Å²) >= 11 is 0. The van der Waals surface area contributed by atoms with E-state index in [1.54, 1.807) is 12.1 Å². The first-order valence-corrected chi connectivity index (χ1v) is 10.8. The van der Waals surface area contributed by atoms with Gasteiger partial charge in [-0.3, -0.25) is 4.31 Å². The third-order valence-electron chi connectivity index (χ3n) is 4.56. The molecular weight excluding hydrogens is 378 g/mol. The Balaban J connectivity index is 2.08. The van der Waals surface area contributed by atoms with Crippen LogP contribution in [0.4, 0.5) is 5.69 Å². The molecule has 0 amide bonds. The Morgan fingerprint density at radius 1 is 1.11 bits per heavy atom. The Kier molecular flexibility index (Phi) is 5.74. The van der Waals surface area contributed by atoms with E-state index in [4.69, 9.17) is 9.47 Å². The average Bonchev–Trinajstić information content (AvgIpc) is 2.87. The first-order chi connectivity index (χ1) is 13.3. The van der Waals surface area contributed by atoms with E-state index in [-0.39, 0.29) is 13.0 Å². The number of hydrogen-bond acceptors (Lipinski definition) is 5. The Morgan fingerprint density at radius 2 is 1.79 bits per heavy atom. The second-order valence-corrected chi connectivity index (χ2v) is 8.38. The topological polar surface area (TPSA) is 72.9 Å². The zero-order chi connectivity index (χ0) is 20.3. The summed E-state index contributed by atoms with van der Waals surface area (Å²) in [5.41, 5.74) is 3.54. The zero-order valence-corrected chi connectivity index (χ0v) is 17.0. The fraction of sp³-hybridized carbons (Fsp3) is 0.286. The molecule has 3 rings (SSSR count). The quantitative estimate of drug-likeness (QED) is 0.717. The van der Waals surface area contributed by atoms with Crippen LogP contribution in [0, 0.1) is 0 Å². The smallest absolute Gasteiger partial charge is 0.333 e. The minimum atomic E-state index is -3.48. The van der Waals surface area contributed by atoms with E-state index in [0.717, 1.165) is 16.9 Å². The lowest BCUT2D eigenvalue weighted by Crippen LogP contribution is -2.31. The Labute approximate surface area is 165 Å². The van der Waals surface area contributed by atoms with Crippen LogP contribution < -0.4 is 9.04 Å². The van der Waals surface area contributed by atoms with Gasteiger partial charge in [-0.25, -0.2) is 13.2 Å². The Morgan fingerprint density at radius 3 is 2.39 bits per heavy atom. The van der Waals surface area contributed by atoms with Gasteiger partial charge in [0.15, 0.2) is 0 Å². The molecule has 2 aromatic rings. The van der Waals surface area contributed by atoms with Gasteiger partial charge >= 0.3 is 5.97 Å². The van der Waals surface area contributed by atoms with Crippen LogP contribution in [0.3, 0.4) is 0 Å². The molecule has 0 atom stereocenters. The second-order valence-electron chi connectivity index (χ2n) is 6.48. The minimum Gasteiger partial charge on any atom is -0.494 e. The fourth-order valence-electron chi connectivity index (χ4n) is 3.23. The maximum atomic E-state index is 12.3. The number of methoxy groups -OCH3 is 1. The number of carbonyl (C=O) groups excluding carboxylic acids is 1. The van der Waals surface area contributed by atoms with Gasteiger partial charge in [0, 0.05) is 12.1 Å². The lowest BCUT2D eigenvalue weighted by atomic mass is 10.0. The van der Waals surface area contributed by atoms with Crippen LogP contribution in [-0.4, -0.2) is 40.9 Å². The molecule has 0 aliphatic carbocycles. The number of hydrogen-bond donors (Lipinski definition) is 0. The molecule has 0 aromatic heterocycles. The van der Waals surface area contributed by atoms with Gasteiger partial charge in [0.25, 0.3) is 0 Å². The largest absolute Gasteiger partial charge is 0.494 e. The molecule has 2 aromatic carbocycles. The van der Waals surface area contributed by atoms with Crippen LogP contribution in [0.2, 0.25) is 0 Å². The highest BCUT2D eigenvalue weighted by Crippen LogP contribution is 2.34. The minimum absolute atomic E-state index is 0.190. The molecule has 148 valence electrons. The average molecular weight is 401 g/mol. The number of rotatable bonds is 5. The highest BCUT2D eigenvalue weighted by Gasteiger charge is 2.25. The van der Waals surface area contributed by atoms with Crippen molar-refractivity contribution in [3.8, 4) is 16.9 Å². The van der Waals surface area contributed by atoms with Crippen LogP contribution in [0.15, 0.2) is 48.0 Å². The molecule has 1 aliphatic rings. The van der Waals surface area contributed by atoms with Gasteiger partial charge in [0.05, 0.1) is 25.7 Å². The number of benzene rings is 2. The summed E-state index contributed by atoms with van der Waals surface area (Å²) < 4.78 is 36.2. The van der Waals surface area contributed by atoms with Crippen LogP contribution in [0.1, 0.15) is 18.9 Å². The van der Waals surface area contributed by atoms with Gasteiger partial charge in [-0.1, -0.05) is 18.2 Å². The van der Waals surface area contributed by atoms with Gasteiger partial charge in [-0.2, -0.15) is 0 Å². The molecule has 0 unspecified atom stereocenters. The first kappa shape index (κ1) is 19.9. The lowest BCUT2D eigenvalue weighted by molar-refractivity contribution is -0.136. The highest BCUT2D eigenvalue weighted by molar-refractivity contribution is 7.92. The van der Waals surface area contributed by atoms with Gasteiger partial charge in [-0.05, 0) is 60.4 Å². The van der Waals surface area contributed by atoms with Crippen molar-refractivity contribution < 1.29 is 22.7 Å². The number of carbonyl (C=O) groups is 1. The van der Waals surface area contributed by atoms with Crippen molar-refractivity contribution in [2.24, 2.45) is 0 Å². The summed E-state index contributed by atoms with van der Waals surface area (Å²) in [5, 5.41) is 0. The van der Waals surface area contributed by atoms with Crippen LogP contribution in [0.5, 0.6) is 5.75 Å². The third-order valence-corrected chi connectivity index (χ3v) is 5.74.